The Hall–Kier alpha value is -4.13. The third-order valence-electron chi connectivity index (χ3n) is 6.20. The molecular formula is C29H30N2O5. The number of amides is 1. The van der Waals surface area contributed by atoms with Crippen molar-refractivity contribution >= 4 is 17.4 Å². The first-order valence-corrected chi connectivity index (χ1v) is 12.1. The van der Waals surface area contributed by atoms with Crippen molar-refractivity contribution in [1.82, 2.24) is 9.88 Å². The van der Waals surface area contributed by atoms with Gasteiger partial charge in [0.25, 0.3) is 11.7 Å². The number of Topliss-reactive ketones (excluding diaryl/α,β-unsaturated/α-hetero) is 1. The minimum atomic E-state index is -0.765. The molecule has 186 valence electrons. The highest BCUT2D eigenvalue weighted by Gasteiger charge is 2.46. The molecule has 4 rings (SSSR count). The Labute approximate surface area is 211 Å². The van der Waals surface area contributed by atoms with Gasteiger partial charge in [0.2, 0.25) is 0 Å². The number of unbranched alkanes of at least 4 members (excludes halogenated alkanes) is 2. The number of hydrogen-bond donors (Lipinski definition) is 1. The monoisotopic (exact) mass is 486 g/mol. The van der Waals surface area contributed by atoms with E-state index in [2.05, 4.69) is 11.9 Å². The molecule has 3 aromatic rings. The van der Waals surface area contributed by atoms with Crippen LogP contribution in [0, 0.1) is 0 Å². The van der Waals surface area contributed by atoms with Gasteiger partial charge in [0.1, 0.15) is 17.3 Å². The van der Waals surface area contributed by atoms with E-state index in [9.17, 15) is 14.7 Å². The summed E-state index contributed by atoms with van der Waals surface area (Å²) in [6.45, 7) is 2.97. The van der Waals surface area contributed by atoms with Crippen LogP contribution >= 0.6 is 0 Å². The number of pyridine rings is 1. The normalized spacial score (nSPS) is 16.8. The maximum atomic E-state index is 13.3. The number of rotatable bonds is 10. The molecule has 0 aliphatic carbocycles. The molecule has 0 radical (unpaired) electrons. The topological polar surface area (TPSA) is 89.0 Å². The van der Waals surface area contributed by atoms with Gasteiger partial charge in [-0.2, -0.15) is 0 Å². The zero-order valence-corrected chi connectivity index (χ0v) is 20.5. The average Bonchev–Trinajstić information content (AvgIpc) is 3.16. The Morgan fingerprint density at radius 1 is 1.00 bits per heavy atom. The first kappa shape index (κ1) is 25.0. The standard InChI is InChI=1S/C29H30N2O5/c1-3-4-5-17-36-23-11-9-21(10-12-23)26-25(27(32)22-7-6-8-24(18-22)35-2)28(33)29(34)31(26)19-20-13-15-30-16-14-20/h6-16,18,26,32H,3-5,17,19H2,1-2H3/b27-25+. The minimum Gasteiger partial charge on any atom is -0.507 e. The summed E-state index contributed by atoms with van der Waals surface area (Å²) in [6, 6.07) is 17.0. The molecule has 1 aliphatic heterocycles. The lowest BCUT2D eigenvalue weighted by Gasteiger charge is -2.25. The van der Waals surface area contributed by atoms with Crippen LogP contribution in [0.2, 0.25) is 0 Å². The molecule has 0 spiro atoms. The van der Waals surface area contributed by atoms with E-state index >= 15 is 0 Å². The molecule has 0 saturated carbocycles. The van der Waals surface area contributed by atoms with Gasteiger partial charge in [0, 0.05) is 24.5 Å². The van der Waals surface area contributed by atoms with Crippen LogP contribution in [0.3, 0.4) is 0 Å². The highest BCUT2D eigenvalue weighted by molar-refractivity contribution is 6.46. The zero-order chi connectivity index (χ0) is 25.5. The number of ketones is 1. The third-order valence-corrected chi connectivity index (χ3v) is 6.20. The summed E-state index contributed by atoms with van der Waals surface area (Å²) in [6.07, 6.45) is 6.48. The highest BCUT2D eigenvalue weighted by Crippen LogP contribution is 2.41. The summed E-state index contributed by atoms with van der Waals surface area (Å²) in [5, 5.41) is 11.3. The van der Waals surface area contributed by atoms with Gasteiger partial charge in [0.05, 0.1) is 25.3 Å². The summed E-state index contributed by atoms with van der Waals surface area (Å²) in [5.74, 6) is -0.385. The molecule has 2 heterocycles. The van der Waals surface area contributed by atoms with Crippen molar-refractivity contribution in [2.45, 2.75) is 38.8 Å². The molecule has 2 aromatic carbocycles. The van der Waals surface area contributed by atoms with E-state index in [0.717, 1.165) is 24.8 Å². The van der Waals surface area contributed by atoms with Crippen LogP contribution in [-0.2, 0) is 16.1 Å². The van der Waals surface area contributed by atoms with Crippen molar-refractivity contribution in [3.63, 3.8) is 0 Å². The lowest BCUT2D eigenvalue weighted by Crippen LogP contribution is -2.29. The zero-order valence-electron chi connectivity index (χ0n) is 20.5. The molecule has 1 N–H and O–H groups in total. The summed E-state index contributed by atoms with van der Waals surface area (Å²) < 4.78 is 11.1. The molecule has 1 amide bonds. The molecular weight excluding hydrogens is 456 g/mol. The summed E-state index contributed by atoms with van der Waals surface area (Å²) in [7, 11) is 1.53. The fourth-order valence-corrected chi connectivity index (χ4v) is 4.29. The lowest BCUT2D eigenvalue weighted by molar-refractivity contribution is -0.140. The smallest absolute Gasteiger partial charge is 0.295 e. The summed E-state index contributed by atoms with van der Waals surface area (Å²) in [5.41, 5.74) is 1.97. The van der Waals surface area contributed by atoms with Crippen molar-refractivity contribution in [3.8, 4) is 11.5 Å². The third kappa shape index (κ3) is 5.40. The van der Waals surface area contributed by atoms with Crippen LogP contribution in [0.1, 0.15) is 48.9 Å². The Balaban J connectivity index is 1.74. The van der Waals surface area contributed by atoms with E-state index < -0.39 is 17.7 Å². The number of methoxy groups -OCH3 is 1. The van der Waals surface area contributed by atoms with E-state index in [4.69, 9.17) is 9.47 Å². The number of carbonyl (C=O) groups is 2. The minimum absolute atomic E-state index is 0.0407. The fourth-order valence-electron chi connectivity index (χ4n) is 4.29. The molecule has 1 unspecified atom stereocenters. The van der Waals surface area contributed by atoms with Gasteiger partial charge in [-0.05, 0) is 53.9 Å². The van der Waals surface area contributed by atoms with E-state index in [-0.39, 0.29) is 17.9 Å². The maximum Gasteiger partial charge on any atom is 0.295 e. The van der Waals surface area contributed by atoms with Gasteiger partial charge in [-0.15, -0.1) is 0 Å². The van der Waals surface area contributed by atoms with E-state index in [0.29, 0.717) is 29.2 Å². The van der Waals surface area contributed by atoms with Crippen molar-refractivity contribution in [2.24, 2.45) is 0 Å². The van der Waals surface area contributed by atoms with Crippen LogP contribution in [0.15, 0.2) is 78.6 Å². The molecule has 1 atom stereocenters. The number of hydrogen-bond acceptors (Lipinski definition) is 6. The van der Waals surface area contributed by atoms with Crippen molar-refractivity contribution in [1.29, 1.82) is 0 Å². The van der Waals surface area contributed by atoms with Gasteiger partial charge < -0.3 is 19.5 Å². The lowest BCUT2D eigenvalue weighted by atomic mass is 9.95. The number of aromatic nitrogens is 1. The van der Waals surface area contributed by atoms with Gasteiger partial charge in [-0.25, -0.2) is 0 Å². The largest absolute Gasteiger partial charge is 0.507 e. The van der Waals surface area contributed by atoms with Crippen LogP contribution < -0.4 is 9.47 Å². The highest BCUT2D eigenvalue weighted by atomic mass is 16.5. The van der Waals surface area contributed by atoms with E-state index in [1.165, 1.54) is 12.0 Å². The van der Waals surface area contributed by atoms with Crippen molar-refractivity contribution in [2.75, 3.05) is 13.7 Å². The fraction of sp³-hybridized carbons (Fsp3) is 0.276. The Morgan fingerprint density at radius 2 is 1.75 bits per heavy atom. The van der Waals surface area contributed by atoms with Crippen LogP contribution in [0.5, 0.6) is 11.5 Å². The molecule has 1 saturated heterocycles. The number of carbonyl (C=O) groups excluding carboxylic acids is 2. The van der Waals surface area contributed by atoms with Gasteiger partial charge in [0.15, 0.2) is 0 Å². The number of aliphatic hydroxyl groups excluding tert-OH is 1. The first-order valence-electron chi connectivity index (χ1n) is 12.1. The second-order valence-corrected chi connectivity index (χ2v) is 8.64. The van der Waals surface area contributed by atoms with Gasteiger partial charge in [-0.3, -0.25) is 14.6 Å². The maximum absolute atomic E-state index is 13.3. The first-order chi connectivity index (χ1) is 17.5. The SMILES string of the molecule is CCCCCOc1ccc(C2/C(=C(\O)c3cccc(OC)c3)C(=O)C(=O)N2Cc2ccncc2)cc1. The Morgan fingerprint density at radius 3 is 2.44 bits per heavy atom. The molecule has 1 fully saturated rings. The summed E-state index contributed by atoms with van der Waals surface area (Å²) >= 11 is 0. The molecule has 1 aromatic heterocycles. The summed E-state index contributed by atoms with van der Waals surface area (Å²) in [4.78, 5) is 32.0. The van der Waals surface area contributed by atoms with E-state index in [1.807, 2.05) is 24.3 Å². The average molecular weight is 487 g/mol. The molecule has 36 heavy (non-hydrogen) atoms. The van der Waals surface area contributed by atoms with Crippen LogP contribution in [-0.4, -0.2) is 40.4 Å². The van der Waals surface area contributed by atoms with Gasteiger partial charge in [-0.1, -0.05) is 44.0 Å². The second-order valence-electron chi connectivity index (χ2n) is 8.64. The van der Waals surface area contributed by atoms with Crippen LogP contribution in [0.25, 0.3) is 5.76 Å². The van der Waals surface area contributed by atoms with Gasteiger partial charge >= 0.3 is 0 Å². The Kier molecular flexibility index (Phi) is 8.00. The van der Waals surface area contributed by atoms with Crippen molar-refractivity contribution < 1.29 is 24.2 Å². The quantitative estimate of drug-likeness (QED) is 0.182. The molecule has 1 aliphatic rings. The Bertz CT molecular complexity index is 1240. The number of nitrogens with zero attached hydrogens (tertiary/aromatic N) is 2. The predicted octanol–water partition coefficient (Wildman–Crippen LogP) is 5.28. The number of ether oxygens (including phenoxy) is 2. The molecule has 0 bridgehead atoms. The number of likely N-dealkylation sites (tertiary alicyclic amines) is 1. The molecule has 7 nitrogen and oxygen atoms in total. The predicted molar refractivity (Wildman–Crippen MR) is 137 cm³/mol. The number of benzene rings is 2. The molecule has 7 heteroatoms. The van der Waals surface area contributed by atoms with E-state index in [1.54, 1.807) is 48.8 Å². The number of aliphatic hydroxyl groups is 1. The second kappa shape index (κ2) is 11.5. The van der Waals surface area contributed by atoms with Crippen LogP contribution in [0.4, 0.5) is 0 Å². The van der Waals surface area contributed by atoms with Crippen molar-refractivity contribution in [3.05, 3.63) is 95.3 Å².